The van der Waals surface area contributed by atoms with Gasteiger partial charge in [0.2, 0.25) is 11.6 Å². The molecule has 66 heavy (non-hydrogen) atoms. The molecule has 2 fully saturated rings. The van der Waals surface area contributed by atoms with Crippen LogP contribution in [0.4, 0.5) is 0 Å². The quantitative estimate of drug-likeness (QED) is 0.105. The molecule has 2 saturated carbocycles. The minimum Gasteiger partial charge on any atom is -0.506 e. The molecule has 20 heteroatoms. The molecule has 358 valence electrons. The first-order valence-corrected chi connectivity index (χ1v) is 21.4. The van der Waals surface area contributed by atoms with Crippen molar-refractivity contribution < 1.29 is 100 Å². The fourth-order valence-corrected chi connectivity index (χ4v) is 11.9. The monoisotopic (exact) mass is 926 g/mol. The molecule has 4 aliphatic rings. The molecule has 0 amide bonds. The lowest BCUT2D eigenvalue weighted by Crippen LogP contribution is -2.79. The predicted molar refractivity (Wildman–Crippen MR) is 228 cm³/mol. The number of carbonyl (C=O) groups excluding carboxylic acids is 2. The Balaban J connectivity index is 1.44. The van der Waals surface area contributed by atoms with Gasteiger partial charge in [0.25, 0.3) is 0 Å². The average Bonchev–Trinajstić information content (AvgIpc) is 3.28. The van der Waals surface area contributed by atoms with Gasteiger partial charge in [0.15, 0.2) is 34.2 Å². The van der Waals surface area contributed by atoms with E-state index in [4.69, 9.17) is 18.9 Å². The van der Waals surface area contributed by atoms with Gasteiger partial charge < -0.3 is 90.4 Å². The maximum Gasteiger partial charge on any atom is 0.201 e. The highest BCUT2D eigenvalue weighted by Gasteiger charge is 2.72. The number of aliphatic hydroxyl groups excluding tert-OH is 6. The van der Waals surface area contributed by atoms with E-state index in [0.717, 1.165) is 14.2 Å². The molecule has 0 aromatic heterocycles. The summed E-state index contributed by atoms with van der Waals surface area (Å²) >= 11 is 0. The highest BCUT2D eigenvalue weighted by molar-refractivity contribution is 6.19. The Labute approximate surface area is 375 Å². The zero-order valence-electron chi connectivity index (χ0n) is 36.7. The fourth-order valence-electron chi connectivity index (χ4n) is 11.9. The SMILES string of the molecule is CCCC1(O)C(O)C(O)C(O)[C@H]2Cc3cc4c(OC)c(OC)c(-c5c(OC)c(OC)c6cc7c(c(O)c6c5O)C(=O)[C@]5(O)[C@H](C7)[C@H](O)[C@@H](O)[C@H](O)[C@@]5(O)CCC)c(O)c4c(O)c3C(=O)C21O. The van der Waals surface area contributed by atoms with Crippen molar-refractivity contribution in [1.29, 1.82) is 0 Å². The van der Waals surface area contributed by atoms with Crippen LogP contribution in [-0.2, 0) is 12.8 Å². The second kappa shape index (κ2) is 15.7. The molecule has 8 rings (SSSR count). The Morgan fingerprint density at radius 2 is 0.803 bits per heavy atom. The summed E-state index contributed by atoms with van der Waals surface area (Å²) in [7, 11) is 4.68. The number of aromatic hydroxyl groups is 4. The van der Waals surface area contributed by atoms with E-state index in [2.05, 4.69) is 0 Å². The van der Waals surface area contributed by atoms with Gasteiger partial charge in [-0.15, -0.1) is 0 Å². The number of phenolic OH excluding ortho intramolecular Hbond substituents is 4. The zero-order chi connectivity index (χ0) is 48.7. The summed E-state index contributed by atoms with van der Waals surface area (Å²) in [6.45, 7) is 3.16. The number of carbonyl (C=O) groups is 2. The number of aliphatic hydroxyl groups is 10. The van der Waals surface area contributed by atoms with Gasteiger partial charge in [-0.2, -0.15) is 0 Å². The van der Waals surface area contributed by atoms with Crippen LogP contribution >= 0.6 is 0 Å². The topological polar surface area (TPSA) is 354 Å². The van der Waals surface area contributed by atoms with E-state index < -0.39 is 164 Å². The van der Waals surface area contributed by atoms with Crippen molar-refractivity contribution >= 4 is 33.1 Å². The number of hydrogen-bond donors (Lipinski definition) is 14. The van der Waals surface area contributed by atoms with Gasteiger partial charge in [-0.05, 0) is 48.9 Å². The van der Waals surface area contributed by atoms with E-state index >= 15 is 0 Å². The molecule has 0 spiro atoms. The minimum absolute atomic E-state index is 0.0388. The summed E-state index contributed by atoms with van der Waals surface area (Å²) in [5.41, 5.74) is -13.9. The summed E-state index contributed by atoms with van der Waals surface area (Å²) in [5, 5.41) is 162. The third-order valence-electron chi connectivity index (χ3n) is 15.0. The summed E-state index contributed by atoms with van der Waals surface area (Å²) in [5.74, 6) is -11.0. The van der Waals surface area contributed by atoms with Gasteiger partial charge >= 0.3 is 0 Å². The first-order valence-electron chi connectivity index (χ1n) is 21.4. The molecule has 0 saturated heterocycles. The van der Waals surface area contributed by atoms with E-state index in [1.54, 1.807) is 13.8 Å². The largest absolute Gasteiger partial charge is 0.506 e. The van der Waals surface area contributed by atoms with Crippen LogP contribution in [0, 0.1) is 11.8 Å². The standard InChI is InChI=1S/C46H54O20/c1-7-9-43(59)41(57)33(53)27(47)19-13-15-11-17-23(29(49)21(15)39(55)45(19,43)61)31(51)25(37(65-5)35(17)63-3)26-32(52)24-18(36(64-4)38(26)66-6)12-16-14-20-28(48)34(54)42(58)44(60,10-8-2)46(20,62)40(56)22(16)30(24)50/h11-12,19-20,27-28,33-34,41-42,47-54,57-62H,7-10,13-14H2,1-6H3/t19-,20-,27+,28?,33-,34?,41+,42?,43+,44?,45-,46?/m1/s1. The lowest BCUT2D eigenvalue weighted by atomic mass is 9.54. The summed E-state index contributed by atoms with van der Waals surface area (Å²) < 4.78 is 23.1. The van der Waals surface area contributed by atoms with Crippen molar-refractivity contribution in [3.63, 3.8) is 0 Å². The Bertz CT molecular complexity index is 2540. The van der Waals surface area contributed by atoms with Crippen molar-refractivity contribution in [3.8, 4) is 57.1 Å². The Morgan fingerprint density at radius 1 is 0.500 bits per heavy atom. The molecule has 20 nitrogen and oxygen atoms in total. The van der Waals surface area contributed by atoms with Crippen LogP contribution in [0.5, 0.6) is 46.0 Å². The molecule has 4 aromatic rings. The van der Waals surface area contributed by atoms with Crippen molar-refractivity contribution in [1.82, 2.24) is 0 Å². The van der Waals surface area contributed by atoms with E-state index in [9.17, 15) is 81.1 Å². The molecule has 5 unspecified atom stereocenters. The number of ketones is 2. The molecule has 0 heterocycles. The highest BCUT2D eigenvalue weighted by atomic mass is 16.5. The van der Waals surface area contributed by atoms with Crippen LogP contribution in [0.2, 0.25) is 0 Å². The first kappa shape index (κ1) is 47.2. The molecule has 0 aliphatic heterocycles. The van der Waals surface area contributed by atoms with Crippen LogP contribution in [0.1, 0.15) is 71.4 Å². The average molecular weight is 927 g/mol. The molecule has 0 radical (unpaired) electrons. The molecule has 4 aromatic carbocycles. The van der Waals surface area contributed by atoms with Crippen LogP contribution < -0.4 is 18.9 Å². The van der Waals surface area contributed by atoms with E-state index in [1.165, 1.54) is 26.4 Å². The third kappa shape index (κ3) is 5.50. The number of Topliss-reactive ketones (excluding diaryl/α,β-unsaturated/α-hetero) is 2. The first-order chi connectivity index (χ1) is 31.0. The Kier molecular flexibility index (Phi) is 11.2. The summed E-state index contributed by atoms with van der Waals surface area (Å²) in [6.07, 6.45) is -13.9. The Hall–Kier alpha value is -5.26. The van der Waals surface area contributed by atoms with Crippen LogP contribution in [0.25, 0.3) is 32.7 Å². The second-order valence-electron chi connectivity index (χ2n) is 18.0. The number of fused-ring (bicyclic) bond motifs is 6. The predicted octanol–water partition coefficient (Wildman–Crippen LogP) is -0.0560. The minimum atomic E-state index is -3.00. The van der Waals surface area contributed by atoms with Gasteiger partial charge in [0.1, 0.15) is 58.6 Å². The smallest absolute Gasteiger partial charge is 0.201 e. The van der Waals surface area contributed by atoms with Gasteiger partial charge in [-0.1, -0.05) is 26.7 Å². The second-order valence-corrected chi connectivity index (χ2v) is 18.0. The number of hydrogen-bond acceptors (Lipinski definition) is 20. The van der Waals surface area contributed by atoms with Crippen LogP contribution in [0.3, 0.4) is 0 Å². The van der Waals surface area contributed by atoms with E-state index in [-0.39, 0.29) is 57.7 Å². The van der Waals surface area contributed by atoms with Crippen LogP contribution in [-0.4, -0.2) is 171 Å². The number of methoxy groups -OCH3 is 4. The number of ether oxygens (including phenoxy) is 4. The fraction of sp³-hybridized carbons (Fsp3) is 0.522. The van der Waals surface area contributed by atoms with Gasteiger partial charge in [0, 0.05) is 22.6 Å². The third-order valence-corrected chi connectivity index (χ3v) is 15.0. The van der Waals surface area contributed by atoms with Crippen molar-refractivity contribution in [2.75, 3.05) is 28.4 Å². The van der Waals surface area contributed by atoms with E-state index in [0.29, 0.717) is 0 Å². The van der Waals surface area contributed by atoms with Gasteiger partial charge in [0.05, 0.1) is 73.7 Å². The molecular formula is C46H54O20. The maximum absolute atomic E-state index is 14.7. The zero-order valence-corrected chi connectivity index (χ0v) is 36.7. The van der Waals surface area contributed by atoms with E-state index in [1.807, 2.05) is 0 Å². The molecular weight excluding hydrogens is 872 g/mol. The van der Waals surface area contributed by atoms with Crippen molar-refractivity contribution in [2.24, 2.45) is 11.8 Å². The molecule has 4 aliphatic carbocycles. The highest BCUT2D eigenvalue weighted by Crippen LogP contribution is 2.63. The lowest BCUT2D eigenvalue weighted by molar-refractivity contribution is -0.282. The number of phenols is 4. The maximum atomic E-state index is 14.7. The molecule has 0 bridgehead atoms. The van der Waals surface area contributed by atoms with Crippen molar-refractivity contribution in [3.05, 3.63) is 34.4 Å². The normalized spacial score (nSPS) is 33.8. The molecule has 12 atom stereocenters. The summed E-state index contributed by atoms with van der Waals surface area (Å²) in [6, 6.07) is 2.57. The van der Waals surface area contributed by atoms with Gasteiger partial charge in [-0.25, -0.2) is 0 Å². The van der Waals surface area contributed by atoms with Gasteiger partial charge in [-0.3, -0.25) is 9.59 Å². The Morgan fingerprint density at radius 3 is 1.09 bits per heavy atom. The number of rotatable bonds is 9. The van der Waals surface area contributed by atoms with Crippen molar-refractivity contribution in [2.45, 2.75) is 111 Å². The summed E-state index contributed by atoms with van der Waals surface area (Å²) in [4.78, 5) is 29.3. The number of benzene rings is 4. The van der Waals surface area contributed by atoms with Crippen LogP contribution in [0.15, 0.2) is 12.1 Å². The molecule has 14 N–H and O–H groups in total. The lowest BCUT2D eigenvalue weighted by Gasteiger charge is -2.57.